The van der Waals surface area contributed by atoms with E-state index in [0.29, 0.717) is 12.3 Å². The molecule has 19 heavy (non-hydrogen) atoms. The molecule has 1 aromatic carbocycles. The molecule has 1 amide bonds. The number of alkyl halides is 1. The molecule has 0 unspecified atom stereocenters. The van der Waals surface area contributed by atoms with Crippen LogP contribution >= 0.6 is 11.6 Å². The zero-order valence-corrected chi connectivity index (χ0v) is 12.3. The van der Waals surface area contributed by atoms with Crippen LogP contribution in [-0.4, -0.2) is 29.8 Å². The number of likely N-dealkylation sites (tertiary alicyclic amines) is 1. The van der Waals surface area contributed by atoms with Gasteiger partial charge < -0.3 is 4.90 Å². The number of hydrogen-bond donors (Lipinski definition) is 0. The van der Waals surface area contributed by atoms with Gasteiger partial charge in [0.05, 0.1) is 0 Å². The smallest absolute Gasteiger partial charge is 0.222 e. The molecule has 3 heteroatoms. The molecule has 0 bridgehead atoms. The van der Waals surface area contributed by atoms with E-state index in [0.717, 1.165) is 38.2 Å². The van der Waals surface area contributed by atoms with Gasteiger partial charge in [0.1, 0.15) is 0 Å². The zero-order valence-electron chi connectivity index (χ0n) is 11.6. The second-order valence-electron chi connectivity index (χ2n) is 5.46. The molecule has 1 fully saturated rings. The molecule has 0 spiro atoms. The van der Waals surface area contributed by atoms with Gasteiger partial charge in [0, 0.05) is 25.4 Å². The van der Waals surface area contributed by atoms with Crippen LogP contribution < -0.4 is 0 Å². The maximum absolute atomic E-state index is 12.1. The summed E-state index contributed by atoms with van der Waals surface area (Å²) in [6.07, 6.45) is 3.57. The third kappa shape index (κ3) is 4.24. The molecule has 0 saturated carbocycles. The molecule has 104 valence electrons. The largest absolute Gasteiger partial charge is 0.343 e. The summed E-state index contributed by atoms with van der Waals surface area (Å²) in [4.78, 5) is 14.1. The first-order chi connectivity index (χ1) is 9.19. The summed E-state index contributed by atoms with van der Waals surface area (Å²) in [5.41, 5.74) is 2.51. The van der Waals surface area contributed by atoms with Gasteiger partial charge in [-0.1, -0.05) is 29.8 Å². The lowest BCUT2D eigenvalue weighted by molar-refractivity contribution is -0.132. The highest BCUT2D eigenvalue weighted by molar-refractivity contribution is 6.18. The summed E-state index contributed by atoms with van der Waals surface area (Å²) < 4.78 is 0. The highest BCUT2D eigenvalue weighted by Crippen LogP contribution is 2.19. The van der Waals surface area contributed by atoms with Crippen molar-refractivity contribution in [2.75, 3.05) is 19.0 Å². The van der Waals surface area contributed by atoms with Crippen molar-refractivity contribution in [3.8, 4) is 0 Å². The molecule has 0 aliphatic carbocycles. The van der Waals surface area contributed by atoms with Crippen LogP contribution in [0.1, 0.15) is 30.4 Å². The normalized spacial score (nSPS) is 16.6. The summed E-state index contributed by atoms with van der Waals surface area (Å²) in [6, 6.07) is 8.43. The molecule has 2 rings (SSSR count). The number of nitrogens with zero attached hydrogens (tertiary/aromatic N) is 1. The van der Waals surface area contributed by atoms with Crippen LogP contribution in [0.3, 0.4) is 0 Å². The van der Waals surface area contributed by atoms with Gasteiger partial charge >= 0.3 is 0 Å². The fraction of sp³-hybridized carbons (Fsp3) is 0.562. The molecule has 1 aliphatic heterocycles. The third-order valence-electron chi connectivity index (χ3n) is 3.93. The average Bonchev–Trinajstić information content (AvgIpc) is 2.46. The number of rotatable bonds is 4. The van der Waals surface area contributed by atoms with E-state index in [4.69, 9.17) is 11.6 Å². The number of amides is 1. The van der Waals surface area contributed by atoms with E-state index in [1.165, 1.54) is 11.1 Å². The molecule has 0 atom stereocenters. The topological polar surface area (TPSA) is 20.3 Å². The van der Waals surface area contributed by atoms with Gasteiger partial charge in [-0.3, -0.25) is 4.79 Å². The summed E-state index contributed by atoms with van der Waals surface area (Å²) in [6.45, 7) is 3.84. The zero-order chi connectivity index (χ0) is 13.7. The van der Waals surface area contributed by atoms with Crippen LogP contribution in [0.4, 0.5) is 0 Å². The quantitative estimate of drug-likeness (QED) is 0.774. The first-order valence-electron chi connectivity index (χ1n) is 7.08. The average molecular weight is 280 g/mol. The van der Waals surface area contributed by atoms with E-state index in [1.807, 2.05) is 4.90 Å². The molecule has 2 nitrogen and oxygen atoms in total. The van der Waals surface area contributed by atoms with Crippen molar-refractivity contribution in [2.24, 2.45) is 5.92 Å². The van der Waals surface area contributed by atoms with Crippen molar-refractivity contribution in [3.63, 3.8) is 0 Å². The minimum absolute atomic E-state index is 0.286. The van der Waals surface area contributed by atoms with Crippen LogP contribution in [0.25, 0.3) is 0 Å². The summed E-state index contributed by atoms with van der Waals surface area (Å²) in [5.74, 6) is 1.61. The Hall–Kier alpha value is -1.02. The Labute approximate surface area is 120 Å². The number of halogens is 1. The number of benzene rings is 1. The first kappa shape index (κ1) is 14.4. The maximum atomic E-state index is 12.1. The van der Waals surface area contributed by atoms with Crippen molar-refractivity contribution >= 4 is 17.5 Å². The Balaban J connectivity index is 1.77. The van der Waals surface area contributed by atoms with Crippen molar-refractivity contribution in [1.82, 2.24) is 4.90 Å². The number of carbonyl (C=O) groups excluding carboxylic acids is 1. The highest BCUT2D eigenvalue weighted by atomic mass is 35.5. The minimum atomic E-state index is 0.286. The van der Waals surface area contributed by atoms with Gasteiger partial charge in [0.2, 0.25) is 5.91 Å². The third-order valence-corrected chi connectivity index (χ3v) is 4.37. The lowest BCUT2D eigenvalue weighted by Gasteiger charge is -2.31. The second-order valence-corrected chi connectivity index (χ2v) is 5.77. The second kappa shape index (κ2) is 6.95. The van der Waals surface area contributed by atoms with E-state index >= 15 is 0 Å². The number of piperidine rings is 1. The van der Waals surface area contributed by atoms with Gasteiger partial charge in [0.15, 0.2) is 0 Å². The number of carbonyl (C=O) groups is 1. The molecule has 0 N–H and O–H groups in total. The molecule has 1 heterocycles. The van der Waals surface area contributed by atoms with E-state index in [9.17, 15) is 4.79 Å². The van der Waals surface area contributed by atoms with Gasteiger partial charge in [-0.05, 0) is 37.7 Å². The lowest BCUT2D eigenvalue weighted by Crippen LogP contribution is -2.38. The van der Waals surface area contributed by atoms with E-state index in [1.54, 1.807) is 0 Å². The van der Waals surface area contributed by atoms with Crippen LogP contribution in [0.15, 0.2) is 24.3 Å². The van der Waals surface area contributed by atoms with E-state index in [2.05, 4.69) is 31.2 Å². The first-order valence-corrected chi connectivity index (χ1v) is 7.62. The molecule has 1 aliphatic rings. The summed E-state index contributed by atoms with van der Waals surface area (Å²) >= 11 is 5.86. The standard InChI is InChI=1S/C16H22ClNO/c1-13-2-4-14(5-3-13)6-7-16(19)18-10-8-15(12-17)9-11-18/h2-5,15H,6-12H2,1H3. The Morgan fingerprint density at radius 1 is 1.26 bits per heavy atom. The molecule has 0 aromatic heterocycles. The van der Waals surface area contributed by atoms with Crippen LogP contribution in [-0.2, 0) is 11.2 Å². The minimum Gasteiger partial charge on any atom is -0.343 e. The number of aryl methyl sites for hydroxylation is 2. The predicted octanol–water partition coefficient (Wildman–Crippen LogP) is 3.41. The predicted molar refractivity (Wildman–Crippen MR) is 79.5 cm³/mol. The molecule has 1 saturated heterocycles. The van der Waals surface area contributed by atoms with Gasteiger partial charge in [0.25, 0.3) is 0 Å². The Kier molecular flexibility index (Phi) is 5.26. The van der Waals surface area contributed by atoms with Crippen molar-refractivity contribution in [3.05, 3.63) is 35.4 Å². The lowest BCUT2D eigenvalue weighted by atomic mass is 9.98. The van der Waals surface area contributed by atoms with E-state index in [-0.39, 0.29) is 5.91 Å². The van der Waals surface area contributed by atoms with E-state index < -0.39 is 0 Å². The fourth-order valence-electron chi connectivity index (χ4n) is 2.50. The highest BCUT2D eigenvalue weighted by Gasteiger charge is 2.21. The molecular formula is C16H22ClNO. The Bertz CT molecular complexity index is 407. The molecular weight excluding hydrogens is 258 g/mol. The molecule has 1 aromatic rings. The van der Waals surface area contributed by atoms with Crippen molar-refractivity contribution in [1.29, 1.82) is 0 Å². The number of hydrogen-bond acceptors (Lipinski definition) is 1. The van der Waals surface area contributed by atoms with Gasteiger partial charge in [-0.25, -0.2) is 0 Å². The molecule has 0 radical (unpaired) electrons. The maximum Gasteiger partial charge on any atom is 0.222 e. The monoisotopic (exact) mass is 279 g/mol. The van der Waals surface area contributed by atoms with Crippen molar-refractivity contribution < 1.29 is 4.79 Å². The summed E-state index contributed by atoms with van der Waals surface area (Å²) in [5, 5.41) is 0. The Morgan fingerprint density at radius 2 is 1.89 bits per heavy atom. The summed E-state index contributed by atoms with van der Waals surface area (Å²) in [7, 11) is 0. The fourth-order valence-corrected chi connectivity index (χ4v) is 2.81. The SMILES string of the molecule is Cc1ccc(CCC(=O)N2CCC(CCl)CC2)cc1. The van der Waals surface area contributed by atoms with Crippen LogP contribution in [0.2, 0.25) is 0 Å². The van der Waals surface area contributed by atoms with Gasteiger partial charge in [-0.15, -0.1) is 11.6 Å². The Morgan fingerprint density at radius 3 is 2.47 bits per heavy atom. The van der Waals surface area contributed by atoms with Crippen LogP contribution in [0, 0.1) is 12.8 Å². The van der Waals surface area contributed by atoms with Gasteiger partial charge in [-0.2, -0.15) is 0 Å². The van der Waals surface area contributed by atoms with Crippen LogP contribution in [0.5, 0.6) is 0 Å². The van der Waals surface area contributed by atoms with Crippen molar-refractivity contribution in [2.45, 2.75) is 32.6 Å².